The Bertz CT molecular complexity index is 563. The molecule has 0 aliphatic heterocycles. The minimum Gasteiger partial charge on any atom is -0.366 e. The molecule has 1 heterocycles. The Kier molecular flexibility index (Phi) is 5.85. The van der Waals surface area contributed by atoms with Gasteiger partial charge in [-0.05, 0) is 48.3 Å². The summed E-state index contributed by atoms with van der Waals surface area (Å²) >= 11 is 3.70. The van der Waals surface area contributed by atoms with Crippen LogP contribution in [0.4, 0.5) is 5.69 Å². The van der Waals surface area contributed by atoms with E-state index >= 15 is 0 Å². The van der Waals surface area contributed by atoms with Crippen molar-refractivity contribution in [3.05, 3.63) is 46.2 Å². The highest BCUT2D eigenvalue weighted by Crippen LogP contribution is 2.25. The van der Waals surface area contributed by atoms with Crippen LogP contribution in [0.25, 0.3) is 0 Å². The monoisotopic (exact) mass is 349 g/mol. The molecule has 0 unspecified atom stereocenters. The van der Waals surface area contributed by atoms with Crippen molar-refractivity contribution in [2.24, 2.45) is 0 Å². The minimum atomic E-state index is 0.888. The van der Waals surface area contributed by atoms with Gasteiger partial charge in [-0.3, -0.25) is 4.68 Å². The van der Waals surface area contributed by atoms with Crippen LogP contribution in [-0.2, 0) is 13.1 Å². The maximum atomic E-state index is 4.60. The third kappa shape index (κ3) is 3.88. The number of hydrogen-bond acceptors (Lipinski definition) is 2. The van der Waals surface area contributed by atoms with E-state index in [1.54, 1.807) is 0 Å². The van der Waals surface area contributed by atoms with E-state index in [-0.39, 0.29) is 0 Å². The fourth-order valence-corrected chi connectivity index (χ4v) is 2.90. The number of rotatable bonds is 7. The molecule has 0 aliphatic rings. The average Bonchev–Trinajstić information content (AvgIpc) is 2.79. The Hall–Kier alpha value is -1.29. The van der Waals surface area contributed by atoms with E-state index < -0.39 is 0 Å². The topological polar surface area (TPSA) is 21.1 Å². The van der Waals surface area contributed by atoms with E-state index in [1.807, 2.05) is 0 Å². The molecule has 0 saturated carbocycles. The molecule has 2 aromatic rings. The van der Waals surface area contributed by atoms with Gasteiger partial charge in [0.25, 0.3) is 0 Å². The van der Waals surface area contributed by atoms with Gasteiger partial charge in [0.05, 0.1) is 22.4 Å². The molecule has 1 aromatic carbocycles. The molecule has 0 aliphatic carbocycles. The molecule has 114 valence electrons. The Balaban J connectivity index is 2.27. The maximum absolute atomic E-state index is 4.60. The maximum Gasteiger partial charge on any atom is 0.0739 e. The van der Waals surface area contributed by atoms with Gasteiger partial charge >= 0.3 is 0 Å². The van der Waals surface area contributed by atoms with Gasteiger partial charge in [-0.25, -0.2) is 0 Å². The smallest absolute Gasteiger partial charge is 0.0739 e. The molecule has 4 heteroatoms. The molecule has 0 bridgehead atoms. The Morgan fingerprint density at radius 2 is 1.90 bits per heavy atom. The van der Waals surface area contributed by atoms with Crippen LogP contribution in [0, 0.1) is 6.92 Å². The number of hydrogen-bond donors (Lipinski definition) is 0. The fourth-order valence-electron chi connectivity index (χ4n) is 2.49. The first kappa shape index (κ1) is 16.1. The SMILES string of the molecule is CCCCN(Cc1c(Br)c(C)nn1CC)c1ccccc1. The first-order valence-corrected chi connectivity index (χ1v) is 8.48. The van der Waals surface area contributed by atoms with Crippen LogP contribution < -0.4 is 4.90 Å². The van der Waals surface area contributed by atoms with Crippen molar-refractivity contribution in [2.45, 2.75) is 46.7 Å². The third-order valence-electron chi connectivity index (χ3n) is 3.70. The summed E-state index contributed by atoms with van der Waals surface area (Å²) < 4.78 is 3.24. The second-order valence-electron chi connectivity index (χ2n) is 5.27. The highest BCUT2D eigenvalue weighted by molar-refractivity contribution is 9.10. The third-order valence-corrected chi connectivity index (χ3v) is 4.73. The lowest BCUT2D eigenvalue weighted by molar-refractivity contribution is 0.599. The van der Waals surface area contributed by atoms with Gasteiger partial charge in [0.2, 0.25) is 0 Å². The highest BCUT2D eigenvalue weighted by atomic mass is 79.9. The first-order chi connectivity index (χ1) is 10.2. The Morgan fingerprint density at radius 3 is 2.52 bits per heavy atom. The van der Waals surface area contributed by atoms with Crippen LogP contribution in [0.3, 0.4) is 0 Å². The van der Waals surface area contributed by atoms with Crippen LogP contribution in [0.15, 0.2) is 34.8 Å². The zero-order valence-electron chi connectivity index (χ0n) is 13.1. The highest BCUT2D eigenvalue weighted by Gasteiger charge is 2.16. The summed E-state index contributed by atoms with van der Waals surface area (Å²) in [6, 6.07) is 10.6. The molecule has 0 fully saturated rings. The zero-order chi connectivity index (χ0) is 15.2. The molecule has 0 atom stereocenters. The Morgan fingerprint density at radius 1 is 1.19 bits per heavy atom. The molecule has 2 rings (SSSR count). The lowest BCUT2D eigenvalue weighted by Crippen LogP contribution is -2.25. The minimum absolute atomic E-state index is 0.888. The molecule has 0 radical (unpaired) electrons. The van der Waals surface area contributed by atoms with E-state index in [0.29, 0.717) is 0 Å². The van der Waals surface area contributed by atoms with Crippen LogP contribution in [0.1, 0.15) is 38.1 Å². The normalized spacial score (nSPS) is 10.9. The van der Waals surface area contributed by atoms with Gasteiger partial charge in [-0.15, -0.1) is 0 Å². The number of aromatic nitrogens is 2. The van der Waals surface area contributed by atoms with E-state index in [4.69, 9.17) is 0 Å². The summed E-state index contributed by atoms with van der Waals surface area (Å²) in [6.07, 6.45) is 2.41. The number of para-hydroxylation sites is 1. The number of halogens is 1. The summed E-state index contributed by atoms with van der Waals surface area (Å²) in [5.41, 5.74) is 3.60. The van der Waals surface area contributed by atoms with Gasteiger partial charge < -0.3 is 4.90 Å². The number of unbranched alkanes of at least 4 members (excludes halogenated alkanes) is 1. The molecule has 0 spiro atoms. The van der Waals surface area contributed by atoms with Crippen LogP contribution >= 0.6 is 15.9 Å². The van der Waals surface area contributed by atoms with Crippen LogP contribution in [0.5, 0.6) is 0 Å². The first-order valence-electron chi connectivity index (χ1n) is 7.69. The number of aryl methyl sites for hydroxylation is 2. The van der Waals surface area contributed by atoms with Gasteiger partial charge in [0.15, 0.2) is 0 Å². The quantitative estimate of drug-likeness (QED) is 0.717. The molecule has 3 nitrogen and oxygen atoms in total. The molecule has 1 aromatic heterocycles. The summed E-state index contributed by atoms with van der Waals surface area (Å²) in [4.78, 5) is 2.44. The van der Waals surface area contributed by atoms with Crippen molar-refractivity contribution in [1.82, 2.24) is 9.78 Å². The molecule has 21 heavy (non-hydrogen) atoms. The number of benzene rings is 1. The summed E-state index contributed by atoms with van der Waals surface area (Å²) in [5, 5.41) is 4.60. The average molecular weight is 350 g/mol. The van der Waals surface area contributed by atoms with Gasteiger partial charge in [0, 0.05) is 18.8 Å². The van der Waals surface area contributed by atoms with Gasteiger partial charge in [-0.1, -0.05) is 31.5 Å². The van der Waals surface area contributed by atoms with Crippen molar-refractivity contribution in [3.63, 3.8) is 0 Å². The van der Waals surface area contributed by atoms with E-state index in [9.17, 15) is 0 Å². The van der Waals surface area contributed by atoms with Crippen LogP contribution in [0.2, 0.25) is 0 Å². The second-order valence-corrected chi connectivity index (χ2v) is 6.07. The van der Waals surface area contributed by atoms with Crippen molar-refractivity contribution in [2.75, 3.05) is 11.4 Å². The van der Waals surface area contributed by atoms with Gasteiger partial charge in [0.1, 0.15) is 0 Å². The standard InChI is InChI=1S/C17H24BrN3/c1-4-6-12-20(15-10-8-7-9-11-15)13-16-17(18)14(3)19-21(16)5-2/h7-11H,4-6,12-13H2,1-3H3. The fraction of sp³-hybridized carbons (Fsp3) is 0.471. The predicted octanol–water partition coefficient (Wildman–Crippen LogP) is 4.78. The molecule has 0 amide bonds. The predicted molar refractivity (Wildman–Crippen MR) is 92.7 cm³/mol. The summed E-state index contributed by atoms with van der Waals surface area (Å²) in [6.45, 7) is 9.29. The van der Waals surface area contributed by atoms with E-state index in [1.165, 1.54) is 24.2 Å². The second kappa shape index (κ2) is 7.64. The number of nitrogens with zero attached hydrogens (tertiary/aromatic N) is 3. The van der Waals surface area contributed by atoms with Crippen LogP contribution in [-0.4, -0.2) is 16.3 Å². The lowest BCUT2D eigenvalue weighted by Gasteiger charge is -2.25. The van der Waals surface area contributed by atoms with Gasteiger partial charge in [-0.2, -0.15) is 5.10 Å². The van der Waals surface area contributed by atoms with Crippen molar-refractivity contribution in [1.29, 1.82) is 0 Å². The van der Waals surface area contributed by atoms with Crippen molar-refractivity contribution in [3.8, 4) is 0 Å². The van der Waals surface area contributed by atoms with Crippen molar-refractivity contribution >= 4 is 21.6 Å². The van der Waals surface area contributed by atoms with E-state index in [2.05, 4.69) is 81.7 Å². The van der Waals surface area contributed by atoms with E-state index in [0.717, 1.165) is 29.8 Å². The Labute approximate surface area is 136 Å². The summed E-state index contributed by atoms with van der Waals surface area (Å²) in [7, 11) is 0. The molecule has 0 saturated heterocycles. The molecular weight excluding hydrogens is 326 g/mol. The lowest BCUT2D eigenvalue weighted by atomic mass is 10.2. The largest absolute Gasteiger partial charge is 0.366 e. The summed E-state index contributed by atoms with van der Waals surface area (Å²) in [5.74, 6) is 0. The number of anilines is 1. The molecule has 0 N–H and O–H groups in total. The molecular formula is C17H24BrN3. The van der Waals surface area contributed by atoms with Crippen molar-refractivity contribution < 1.29 is 0 Å². The zero-order valence-corrected chi connectivity index (χ0v) is 14.7.